The standard InChI is InChI=1S/C46H30N2S.C40H26N2S/c1-3-11-31(12-4-1)37-15-9-17-39(29-37)33-21-25-35(26-22-33)43-45-44(41-19-7-8-20-42(41)49-45)48-46(47-43)36-27-23-34(24-28-36)40-18-10-16-38(30-40)32-13-5-2-6-14-32;1-3-11-27(12-4-1)28-21-23-29(24-22-28)31-15-9-16-32(25-31)33-17-10-18-34(26-33)40-41-37(30-13-5-2-6-14-30)39-38(42-40)35-19-7-8-20-36(35)43-39/h1-30H;1-26H. The smallest absolute Gasteiger partial charge is 0.160 e. The molecule has 0 atom stereocenters. The van der Waals surface area contributed by atoms with Crippen LogP contribution in [0.25, 0.3) is 164 Å². The maximum absolute atomic E-state index is 5.25. The lowest BCUT2D eigenvalue weighted by Crippen LogP contribution is -1.94. The van der Waals surface area contributed by atoms with E-state index < -0.39 is 0 Å². The first-order valence-corrected chi connectivity index (χ1v) is 32.5. The van der Waals surface area contributed by atoms with Crippen LogP contribution in [0, 0.1) is 0 Å². The highest BCUT2D eigenvalue weighted by Crippen LogP contribution is 2.43. The molecule has 0 aliphatic rings. The molecule has 0 aliphatic heterocycles. The summed E-state index contributed by atoms with van der Waals surface area (Å²) in [6.07, 6.45) is 0. The minimum atomic E-state index is 0.732. The van der Waals surface area contributed by atoms with Gasteiger partial charge in [-0.15, -0.1) is 22.7 Å². The topological polar surface area (TPSA) is 51.6 Å². The van der Waals surface area contributed by atoms with Crippen LogP contribution in [-0.2, 0) is 0 Å². The molecule has 4 heterocycles. The SMILES string of the molecule is c1ccc(-c2ccc(-c3cccc(-c4cccc(-c5nc(-c6ccccc6)c6sc7ccccc7c6n5)c4)c3)cc2)cc1.c1ccc(-c2cccc(-c3ccc(-c4nc(-c5ccc(-c6cccc(-c7ccccc7)c6)cc5)c5sc6ccccc6c5n4)cc3)c2)cc1. The second kappa shape index (κ2) is 24.8. The van der Waals surface area contributed by atoms with Crippen LogP contribution in [0.4, 0.5) is 0 Å². The molecule has 17 rings (SSSR count). The third-order valence-corrected chi connectivity index (χ3v) is 19.4. The lowest BCUT2D eigenvalue weighted by Gasteiger charge is -2.10. The highest BCUT2D eigenvalue weighted by atomic mass is 32.1. The van der Waals surface area contributed by atoms with Crippen molar-refractivity contribution in [2.45, 2.75) is 0 Å². The van der Waals surface area contributed by atoms with Gasteiger partial charge in [-0.05, 0) is 114 Å². The van der Waals surface area contributed by atoms with Crippen molar-refractivity contribution < 1.29 is 0 Å². The molecule has 0 fully saturated rings. The lowest BCUT2D eigenvalue weighted by molar-refractivity contribution is 1.24. The second-order valence-corrected chi connectivity index (χ2v) is 25.0. The largest absolute Gasteiger partial charge is 0.226 e. The monoisotopic (exact) mass is 1210 g/mol. The minimum absolute atomic E-state index is 0.732. The number of rotatable bonds is 11. The maximum atomic E-state index is 5.25. The minimum Gasteiger partial charge on any atom is -0.226 e. The Morgan fingerprint density at radius 3 is 0.804 bits per heavy atom. The molecule has 4 nitrogen and oxygen atoms in total. The zero-order valence-corrected chi connectivity index (χ0v) is 51.6. The van der Waals surface area contributed by atoms with Crippen LogP contribution < -0.4 is 0 Å². The van der Waals surface area contributed by atoms with E-state index in [1.54, 1.807) is 22.7 Å². The molecule has 0 N–H and O–H groups in total. The van der Waals surface area contributed by atoms with Crippen LogP contribution in [0.3, 0.4) is 0 Å². The van der Waals surface area contributed by atoms with Crippen LogP contribution in [-0.4, -0.2) is 19.9 Å². The van der Waals surface area contributed by atoms with E-state index in [2.05, 4.69) is 334 Å². The van der Waals surface area contributed by atoms with Crippen molar-refractivity contribution in [3.8, 4) is 123 Å². The predicted molar refractivity (Wildman–Crippen MR) is 390 cm³/mol. The quantitative estimate of drug-likeness (QED) is 0.129. The molecule has 0 unspecified atom stereocenters. The van der Waals surface area contributed by atoms with E-state index in [0.717, 1.165) is 87.8 Å². The van der Waals surface area contributed by atoms with E-state index >= 15 is 0 Å². The predicted octanol–water partition coefficient (Wildman–Crippen LogP) is 24.0. The summed E-state index contributed by atoms with van der Waals surface area (Å²) < 4.78 is 4.67. The van der Waals surface area contributed by atoms with Gasteiger partial charge in [-0.3, -0.25) is 0 Å². The molecule has 0 amide bonds. The summed E-state index contributed by atoms with van der Waals surface area (Å²) in [5.41, 5.74) is 24.8. The summed E-state index contributed by atoms with van der Waals surface area (Å²) in [6, 6.07) is 120. The fourth-order valence-electron chi connectivity index (χ4n) is 12.3. The Morgan fingerprint density at radius 1 is 0.174 bits per heavy atom. The Bertz CT molecular complexity index is 5470. The first kappa shape index (κ1) is 55.7. The van der Waals surface area contributed by atoms with Crippen molar-refractivity contribution in [2.75, 3.05) is 0 Å². The Morgan fingerprint density at radius 2 is 0.413 bits per heavy atom. The average molecular weight is 1210 g/mol. The normalized spacial score (nSPS) is 11.3. The summed E-state index contributed by atoms with van der Waals surface area (Å²) in [7, 11) is 0. The van der Waals surface area contributed by atoms with Gasteiger partial charge in [0.1, 0.15) is 0 Å². The number of thiophene rings is 2. The summed E-state index contributed by atoms with van der Waals surface area (Å²) in [5, 5.41) is 2.33. The van der Waals surface area contributed by atoms with Gasteiger partial charge in [-0.2, -0.15) is 0 Å². The van der Waals surface area contributed by atoms with E-state index in [-0.39, 0.29) is 0 Å². The molecule has 0 saturated heterocycles. The van der Waals surface area contributed by atoms with Gasteiger partial charge in [0.2, 0.25) is 0 Å². The highest BCUT2D eigenvalue weighted by molar-refractivity contribution is 7.26. The van der Waals surface area contributed by atoms with Gasteiger partial charge in [0, 0.05) is 42.4 Å². The zero-order valence-electron chi connectivity index (χ0n) is 49.9. The van der Waals surface area contributed by atoms with Gasteiger partial charge < -0.3 is 0 Å². The van der Waals surface area contributed by atoms with Crippen molar-refractivity contribution in [1.82, 2.24) is 19.9 Å². The van der Waals surface area contributed by atoms with Gasteiger partial charge in [0.05, 0.1) is 31.8 Å². The van der Waals surface area contributed by atoms with E-state index in [1.807, 2.05) is 6.07 Å². The van der Waals surface area contributed by atoms with Gasteiger partial charge in [-0.1, -0.05) is 303 Å². The molecule has 0 bridgehead atoms. The van der Waals surface area contributed by atoms with Gasteiger partial charge >= 0.3 is 0 Å². The molecular formula is C86H56N4S2. The van der Waals surface area contributed by atoms with E-state index in [9.17, 15) is 0 Å². The first-order valence-electron chi connectivity index (χ1n) is 30.9. The van der Waals surface area contributed by atoms with Gasteiger partial charge in [0.15, 0.2) is 11.6 Å². The zero-order chi connectivity index (χ0) is 61.2. The molecular weight excluding hydrogens is 1150 g/mol. The molecule has 6 heteroatoms. The van der Waals surface area contributed by atoms with Crippen LogP contribution in [0.1, 0.15) is 0 Å². The molecule has 4 aromatic heterocycles. The molecule has 0 aliphatic carbocycles. The van der Waals surface area contributed by atoms with E-state index in [1.165, 1.54) is 76.0 Å². The molecule has 0 spiro atoms. The highest BCUT2D eigenvalue weighted by Gasteiger charge is 2.20. The molecule has 17 aromatic rings. The molecule has 13 aromatic carbocycles. The molecule has 0 radical (unpaired) electrons. The Balaban J connectivity index is 0.000000148. The van der Waals surface area contributed by atoms with Crippen molar-refractivity contribution in [2.24, 2.45) is 0 Å². The van der Waals surface area contributed by atoms with Gasteiger partial charge in [0.25, 0.3) is 0 Å². The summed E-state index contributed by atoms with van der Waals surface area (Å²) in [6.45, 7) is 0. The van der Waals surface area contributed by atoms with Crippen LogP contribution in [0.5, 0.6) is 0 Å². The maximum Gasteiger partial charge on any atom is 0.160 e. The third-order valence-electron chi connectivity index (χ3n) is 17.0. The number of aromatic nitrogens is 4. The van der Waals surface area contributed by atoms with E-state index in [4.69, 9.17) is 19.9 Å². The van der Waals surface area contributed by atoms with Crippen molar-refractivity contribution in [3.05, 3.63) is 340 Å². The van der Waals surface area contributed by atoms with Crippen molar-refractivity contribution in [1.29, 1.82) is 0 Å². The lowest BCUT2D eigenvalue weighted by atomic mass is 9.96. The molecule has 432 valence electrons. The van der Waals surface area contributed by atoms with Crippen molar-refractivity contribution >= 4 is 63.3 Å². The number of benzene rings is 13. The van der Waals surface area contributed by atoms with Crippen LogP contribution in [0.15, 0.2) is 340 Å². The fraction of sp³-hybridized carbons (Fsp3) is 0. The van der Waals surface area contributed by atoms with Crippen LogP contribution in [0.2, 0.25) is 0 Å². The number of nitrogens with zero attached hydrogens (tertiary/aromatic N) is 4. The Kier molecular flexibility index (Phi) is 15.0. The molecule has 0 saturated carbocycles. The number of fused-ring (bicyclic) bond motifs is 6. The summed E-state index contributed by atoms with van der Waals surface area (Å²) >= 11 is 3.52. The van der Waals surface area contributed by atoms with Gasteiger partial charge in [-0.25, -0.2) is 19.9 Å². The summed E-state index contributed by atoms with van der Waals surface area (Å²) in [5.74, 6) is 1.47. The fourth-order valence-corrected chi connectivity index (χ4v) is 14.6. The first-order chi connectivity index (χ1) is 45.6. The molecule has 92 heavy (non-hydrogen) atoms. The van der Waals surface area contributed by atoms with Crippen LogP contribution >= 0.6 is 22.7 Å². The third kappa shape index (κ3) is 11.3. The Hall–Kier alpha value is -11.5. The summed E-state index contributed by atoms with van der Waals surface area (Å²) in [4.78, 5) is 20.7. The number of hydrogen-bond donors (Lipinski definition) is 0. The second-order valence-electron chi connectivity index (χ2n) is 22.9. The van der Waals surface area contributed by atoms with Crippen molar-refractivity contribution in [3.63, 3.8) is 0 Å². The Labute approximate surface area is 542 Å². The van der Waals surface area contributed by atoms with E-state index in [0.29, 0.717) is 0 Å². The number of hydrogen-bond acceptors (Lipinski definition) is 6. The average Bonchev–Trinajstić information content (AvgIpc) is 1.75.